The molecule has 0 unspecified atom stereocenters. The number of anilines is 1. The van der Waals surface area contributed by atoms with Gasteiger partial charge in [0.2, 0.25) is 0 Å². The Bertz CT molecular complexity index is 614. The monoisotopic (exact) mass is 259 g/mol. The van der Waals surface area contributed by atoms with Crippen LogP contribution in [-0.2, 0) is 4.74 Å². The number of benzene rings is 2. The van der Waals surface area contributed by atoms with E-state index in [1.54, 1.807) is 32.9 Å². The number of ether oxygens (including phenoxy) is 2. The maximum absolute atomic E-state index is 11.6. The quantitative estimate of drug-likeness (QED) is 0.481. The lowest BCUT2D eigenvalue weighted by atomic mass is 10.1. The SMILES string of the molecule is CC(C)(C)OC(=O)Oc1cc2ccccc2cc1N. The summed E-state index contributed by atoms with van der Waals surface area (Å²) in [5.74, 6) is 0.313. The van der Waals surface area contributed by atoms with E-state index in [2.05, 4.69) is 0 Å². The van der Waals surface area contributed by atoms with E-state index in [-0.39, 0.29) is 0 Å². The van der Waals surface area contributed by atoms with Gasteiger partial charge < -0.3 is 15.2 Å². The summed E-state index contributed by atoms with van der Waals surface area (Å²) in [7, 11) is 0. The van der Waals surface area contributed by atoms with E-state index >= 15 is 0 Å². The molecular formula is C15H17NO3. The van der Waals surface area contributed by atoms with Gasteiger partial charge in [0.25, 0.3) is 0 Å². The first-order valence-corrected chi connectivity index (χ1v) is 6.04. The summed E-state index contributed by atoms with van der Waals surface area (Å²) >= 11 is 0. The van der Waals surface area contributed by atoms with Crippen molar-refractivity contribution in [2.24, 2.45) is 0 Å². The Hall–Kier alpha value is -2.23. The van der Waals surface area contributed by atoms with Crippen molar-refractivity contribution in [3.63, 3.8) is 0 Å². The molecule has 0 amide bonds. The molecule has 0 radical (unpaired) electrons. The molecule has 0 aliphatic rings. The number of hydrogen-bond donors (Lipinski definition) is 1. The van der Waals surface area contributed by atoms with Crippen molar-refractivity contribution in [2.45, 2.75) is 26.4 Å². The predicted octanol–water partition coefficient (Wildman–Crippen LogP) is 3.74. The fourth-order valence-corrected chi connectivity index (χ4v) is 1.69. The van der Waals surface area contributed by atoms with Gasteiger partial charge >= 0.3 is 6.16 Å². The topological polar surface area (TPSA) is 61.5 Å². The Balaban J connectivity index is 2.25. The number of carbonyl (C=O) groups is 1. The fourth-order valence-electron chi connectivity index (χ4n) is 1.69. The van der Waals surface area contributed by atoms with Crippen LogP contribution in [0, 0.1) is 0 Å². The Morgan fingerprint density at radius 2 is 1.68 bits per heavy atom. The van der Waals surface area contributed by atoms with E-state index < -0.39 is 11.8 Å². The van der Waals surface area contributed by atoms with Crippen LogP contribution < -0.4 is 10.5 Å². The molecule has 19 heavy (non-hydrogen) atoms. The smallest absolute Gasteiger partial charge is 0.428 e. The second-order valence-corrected chi connectivity index (χ2v) is 5.30. The van der Waals surface area contributed by atoms with E-state index in [4.69, 9.17) is 15.2 Å². The van der Waals surface area contributed by atoms with Gasteiger partial charge in [0.05, 0.1) is 5.69 Å². The van der Waals surface area contributed by atoms with E-state index in [9.17, 15) is 4.79 Å². The highest BCUT2D eigenvalue weighted by Gasteiger charge is 2.19. The highest BCUT2D eigenvalue weighted by Crippen LogP contribution is 2.28. The summed E-state index contributed by atoms with van der Waals surface area (Å²) in [6.45, 7) is 5.33. The molecule has 0 heterocycles. The van der Waals surface area contributed by atoms with Crippen LogP contribution in [0.15, 0.2) is 36.4 Å². The summed E-state index contributed by atoms with van der Waals surface area (Å²) in [6.07, 6.45) is -0.755. The lowest BCUT2D eigenvalue weighted by molar-refractivity contribution is 0.0208. The van der Waals surface area contributed by atoms with E-state index in [1.807, 2.05) is 24.3 Å². The minimum absolute atomic E-state index is 0.313. The Labute approximate surface area is 112 Å². The van der Waals surface area contributed by atoms with Gasteiger partial charge in [-0.25, -0.2) is 4.79 Å². The molecule has 2 rings (SSSR count). The van der Waals surface area contributed by atoms with Gasteiger partial charge in [-0.1, -0.05) is 24.3 Å². The number of nitrogens with two attached hydrogens (primary N) is 1. The number of hydrogen-bond acceptors (Lipinski definition) is 4. The van der Waals surface area contributed by atoms with Crippen molar-refractivity contribution >= 4 is 22.6 Å². The third-order valence-corrected chi connectivity index (χ3v) is 2.46. The summed E-state index contributed by atoms with van der Waals surface area (Å²) in [5.41, 5.74) is 5.68. The van der Waals surface area contributed by atoms with E-state index in [0.29, 0.717) is 11.4 Å². The average molecular weight is 259 g/mol. The van der Waals surface area contributed by atoms with Gasteiger partial charge in [0.1, 0.15) is 5.60 Å². The molecule has 0 bridgehead atoms. The molecule has 100 valence electrons. The molecular weight excluding hydrogens is 242 g/mol. The molecule has 2 N–H and O–H groups in total. The van der Waals surface area contributed by atoms with Gasteiger partial charge in [-0.3, -0.25) is 0 Å². The molecule has 4 nitrogen and oxygen atoms in total. The lowest BCUT2D eigenvalue weighted by Crippen LogP contribution is -2.26. The molecule has 4 heteroatoms. The maximum atomic E-state index is 11.6. The minimum Gasteiger partial charge on any atom is -0.428 e. The molecule has 0 aliphatic carbocycles. The number of nitrogen functional groups attached to an aromatic ring is 1. The molecule has 0 fully saturated rings. The van der Waals surface area contributed by atoms with Gasteiger partial charge in [-0.15, -0.1) is 0 Å². The third-order valence-electron chi connectivity index (χ3n) is 2.46. The first-order valence-electron chi connectivity index (χ1n) is 6.04. The number of carbonyl (C=O) groups excluding carboxylic acids is 1. The van der Waals surface area contributed by atoms with Gasteiger partial charge in [-0.05, 0) is 43.7 Å². The predicted molar refractivity (Wildman–Crippen MR) is 75.2 cm³/mol. The van der Waals surface area contributed by atoms with Crippen molar-refractivity contribution in [3.05, 3.63) is 36.4 Å². The Morgan fingerprint density at radius 1 is 1.11 bits per heavy atom. The van der Waals surface area contributed by atoms with Crippen LogP contribution in [0.4, 0.5) is 10.5 Å². The normalized spacial score (nSPS) is 11.3. The average Bonchev–Trinajstić information content (AvgIpc) is 2.27. The van der Waals surface area contributed by atoms with Crippen molar-refractivity contribution in [1.29, 1.82) is 0 Å². The Morgan fingerprint density at radius 3 is 2.26 bits per heavy atom. The van der Waals surface area contributed by atoms with Gasteiger partial charge in [0, 0.05) is 0 Å². The summed E-state index contributed by atoms with van der Waals surface area (Å²) in [4.78, 5) is 11.6. The summed E-state index contributed by atoms with van der Waals surface area (Å²) in [6, 6.07) is 11.2. The number of rotatable bonds is 1. The molecule has 0 saturated carbocycles. The zero-order chi connectivity index (χ0) is 14.0. The second kappa shape index (κ2) is 4.80. The van der Waals surface area contributed by atoms with Crippen molar-refractivity contribution in [2.75, 3.05) is 5.73 Å². The van der Waals surface area contributed by atoms with E-state index in [0.717, 1.165) is 10.8 Å². The highest BCUT2D eigenvalue weighted by atomic mass is 16.7. The molecule has 0 aromatic heterocycles. The van der Waals surface area contributed by atoms with Crippen LogP contribution in [0.3, 0.4) is 0 Å². The zero-order valence-corrected chi connectivity index (χ0v) is 11.3. The first kappa shape index (κ1) is 13.2. The maximum Gasteiger partial charge on any atom is 0.514 e. The molecule has 0 saturated heterocycles. The van der Waals surface area contributed by atoms with Gasteiger partial charge in [-0.2, -0.15) is 0 Å². The van der Waals surface area contributed by atoms with Crippen LogP contribution >= 0.6 is 0 Å². The molecule has 0 aliphatic heterocycles. The number of fused-ring (bicyclic) bond motifs is 1. The van der Waals surface area contributed by atoms with Crippen LogP contribution in [0.5, 0.6) is 5.75 Å². The van der Waals surface area contributed by atoms with Crippen molar-refractivity contribution < 1.29 is 14.3 Å². The highest BCUT2D eigenvalue weighted by molar-refractivity contribution is 5.89. The largest absolute Gasteiger partial charge is 0.514 e. The zero-order valence-electron chi connectivity index (χ0n) is 11.3. The standard InChI is InChI=1S/C15H17NO3/c1-15(2,3)19-14(17)18-13-9-11-7-5-4-6-10(11)8-12(13)16/h4-9H,16H2,1-3H3. The van der Waals surface area contributed by atoms with Crippen LogP contribution in [0.25, 0.3) is 10.8 Å². The second-order valence-electron chi connectivity index (χ2n) is 5.30. The summed E-state index contributed by atoms with van der Waals surface area (Å²) in [5, 5.41) is 1.95. The van der Waals surface area contributed by atoms with Crippen LogP contribution in [-0.4, -0.2) is 11.8 Å². The van der Waals surface area contributed by atoms with Crippen LogP contribution in [0.1, 0.15) is 20.8 Å². The van der Waals surface area contributed by atoms with Crippen molar-refractivity contribution in [3.8, 4) is 5.75 Å². The lowest BCUT2D eigenvalue weighted by Gasteiger charge is -2.19. The van der Waals surface area contributed by atoms with Crippen molar-refractivity contribution in [1.82, 2.24) is 0 Å². The fraction of sp³-hybridized carbons (Fsp3) is 0.267. The third kappa shape index (κ3) is 3.37. The molecule has 2 aromatic rings. The van der Waals surface area contributed by atoms with E-state index in [1.165, 1.54) is 0 Å². The summed E-state index contributed by atoms with van der Waals surface area (Å²) < 4.78 is 10.2. The van der Waals surface area contributed by atoms with Crippen LogP contribution in [0.2, 0.25) is 0 Å². The van der Waals surface area contributed by atoms with Gasteiger partial charge in [0.15, 0.2) is 5.75 Å². The molecule has 2 aromatic carbocycles. The Kier molecular flexibility index (Phi) is 3.34. The minimum atomic E-state index is -0.755. The molecule has 0 spiro atoms. The molecule has 0 atom stereocenters. The first-order chi connectivity index (χ1) is 8.85.